The number of halogens is 3. The molecule has 0 radical (unpaired) electrons. The summed E-state index contributed by atoms with van der Waals surface area (Å²) in [5, 5.41) is 0.140. The number of nitrogens with one attached hydrogen (secondary N) is 1. The number of aromatic amines is 1. The van der Waals surface area contributed by atoms with E-state index in [1.54, 1.807) is 26.0 Å². The average molecular weight is 371 g/mol. The third-order valence-corrected chi connectivity index (χ3v) is 4.27. The number of aryl methyl sites for hydroxylation is 2. The van der Waals surface area contributed by atoms with Crippen LogP contribution in [0.5, 0.6) is 0 Å². The molecular formula is C20H13ClF2N2O. The second-order valence-electron chi connectivity index (χ2n) is 5.70. The number of hydrogen-bond donors (Lipinski definition) is 1. The molecule has 1 aromatic carbocycles. The molecule has 0 spiro atoms. The Morgan fingerprint density at radius 3 is 2.50 bits per heavy atom. The standard InChI is InChI=1S/C20H13ClF2N2O/c1-11-18(20(26)19(21)12(2)25-11)14-5-8-16(24-10-14)7-4-13-3-6-15(22)9-17(13)23/h3,5-6,8-10H,1-2H3,(H,25,26). The first-order chi connectivity index (χ1) is 12.4. The van der Waals surface area contributed by atoms with Crippen molar-refractivity contribution >= 4 is 11.6 Å². The molecule has 0 saturated carbocycles. The van der Waals surface area contributed by atoms with Gasteiger partial charge in [0.2, 0.25) is 5.43 Å². The summed E-state index contributed by atoms with van der Waals surface area (Å²) in [6.07, 6.45) is 1.51. The largest absolute Gasteiger partial charge is 0.361 e. The van der Waals surface area contributed by atoms with Gasteiger partial charge in [-0.3, -0.25) is 4.79 Å². The van der Waals surface area contributed by atoms with E-state index in [1.807, 2.05) is 0 Å². The maximum atomic E-state index is 13.6. The summed E-state index contributed by atoms with van der Waals surface area (Å²) < 4.78 is 26.5. The maximum absolute atomic E-state index is 13.6. The summed E-state index contributed by atoms with van der Waals surface area (Å²) >= 11 is 6.03. The Morgan fingerprint density at radius 1 is 1.08 bits per heavy atom. The summed E-state index contributed by atoms with van der Waals surface area (Å²) in [5.74, 6) is 3.94. The quantitative estimate of drug-likeness (QED) is 0.646. The number of benzene rings is 1. The van der Waals surface area contributed by atoms with Gasteiger partial charge in [0.1, 0.15) is 22.4 Å². The Balaban J connectivity index is 1.95. The van der Waals surface area contributed by atoms with Gasteiger partial charge in [0, 0.05) is 29.2 Å². The van der Waals surface area contributed by atoms with E-state index in [-0.39, 0.29) is 16.0 Å². The van der Waals surface area contributed by atoms with Crippen molar-refractivity contribution in [2.24, 2.45) is 0 Å². The van der Waals surface area contributed by atoms with Gasteiger partial charge in [0.25, 0.3) is 0 Å². The van der Waals surface area contributed by atoms with E-state index in [1.165, 1.54) is 12.3 Å². The molecule has 1 N–H and O–H groups in total. The minimum atomic E-state index is -0.731. The van der Waals surface area contributed by atoms with Crippen LogP contribution in [0.1, 0.15) is 22.6 Å². The Hall–Kier alpha value is -2.97. The van der Waals surface area contributed by atoms with Gasteiger partial charge in [0.05, 0.1) is 11.1 Å². The lowest BCUT2D eigenvalue weighted by atomic mass is 10.0. The molecule has 6 heteroatoms. The molecule has 0 fully saturated rings. The lowest BCUT2D eigenvalue weighted by Crippen LogP contribution is -2.11. The number of hydrogen-bond acceptors (Lipinski definition) is 2. The fourth-order valence-electron chi connectivity index (χ4n) is 2.53. The Morgan fingerprint density at radius 2 is 1.85 bits per heavy atom. The summed E-state index contributed by atoms with van der Waals surface area (Å²) in [6.45, 7) is 3.51. The number of nitrogens with zero attached hydrogens (tertiary/aromatic N) is 1. The maximum Gasteiger partial charge on any atom is 0.208 e. The molecular weight excluding hydrogens is 358 g/mol. The molecule has 0 aliphatic carbocycles. The smallest absolute Gasteiger partial charge is 0.208 e. The number of pyridine rings is 2. The second kappa shape index (κ2) is 7.11. The van der Waals surface area contributed by atoms with E-state index in [0.29, 0.717) is 28.2 Å². The summed E-state index contributed by atoms with van der Waals surface area (Å²) in [7, 11) is 0. The number of H-pyrrole nitrogens is 1. The Bertz CT molecular complexity index is 1110. The van der Waals surface area contributed by atoms with Crippen molar-refractivity contribution in [3.05, 3.63) is 86.1 Å². The number of aromatic nitrogens is 2. The van der Waals surface area contributed by atoms with Crippen molar-refractivity contribution in [2.75, 3.05) is 0 Å². The van der Waals surface area contributed by atoms with Crippen molar-refractivity contribution in [3.63, 3.8) is 0 Å². The topological polar surface area (TPSA) is 45.8 Å². The molecule has 3 aromatic rings. The zero-order valence-electron chi connectivity index (χ0n) is 14.0. The Kier molecular flexibility index (Phi) is 4.88. The molecule has 0 amide bonds. The minimum absolute atomic E-state index is 0.0786. The molecule has 0 saturated heterocycles. The van der Waals surface area contributed by atoms with E-state index in [2.05, 4.69) is 21.8 Å². The summed E-state index contributed by atoms with van der Waals surface area (Å²) in [5.41, 5.74) is 2.54. The van der Waals surface area contributed by atoms with E-state index in [9.17, 15) is 13.6 Å². The van der Waals surface area contributed by atoms with Crippen molar-refractivity contribution in [1.82, 2.24) is 9.97 Å². The van der Waals surface area contributed by atoms with Gasteiger partial charge in [-0.2, -0.15) is 0 Å². The highest BCUT2D eigenvalue weighted by atomic mass is 35.5. The van der Waals surface area contributed by atoms with E-state index in [4.69, 9.17) is 11.6 Å². The van der Waals surface area contributed by atoms with Gasteiger partial charge in [-0.15, -0.1) is 0 Å². The second-order valence-corrected chi connectivity index (χ2v) is 6.08. The van der Waals surface area contributed by atoms with Crippen molar-refractivity contribution in [1.29, 1.82) is 0 Å². The predicted molar refractivity (Wildman–Crippen MR) is 97.1 cm³/mol. The molecule has 0 bridgehead atoms. The molecule has 3 rings (SSSR count). The molecule has 3 nitrogen and oxygen atoms in total. The van der Waals surface area contributed by atoms with Crippen molar-refractivity contribution in [3.8, 4) is 23.0 Å². The van der Waals surface area contributed by atoms with Gasteiger partial charge in [-0.25, -0.2) is 13.8 Å². The highest BCUT2D eigenvalue weighted by Crippen LogP contribution is 2.21. The Labute approximate surface area is 153 Å². The predicted octanol–water partition coefficient (Wildman–Crippen LogP) is 4.39. The zero-order chi connectivity index (χ0) is 18.8. The van der Waals surface area contributed by atoms with Gasteiger partial charge < -0.3 is 4.98 Å². The molecule has 0 unspecified atom stereocenters. The van der Waals surface area contributed by atoms with Crippen LogP contribution in [0.15, 0.2) is 41.3 Å². The molecule has 0 aliphatic heterocycles. The van der Waals surface area contributed by atoms with Crippen LogP contribution < -0.4 is 5.43 Å². The highest BCUT2D eigenvalue weighted by Gasteiger charge is 2.13. The lowest BCUT2D eigenvalue weighted by Gasteiger charge is -2.08. The molecule has 130 valence electrons. The van der Waals surface area contributed by atoms with E-state index < -0.39 is 11.6 Å². The average Bonchev–Trinajstić information content (AvgIpc) is 2.60. The first-order valence-corrected chi connectivity index (χ1v) is 8.07. The monoisotopic (exact) mass is 370 g/mol. The van der Waals surface area contributed by atoms with Crippen LogP contribution in [0.4, 0.5) is 8.78 Å². The summed E-state index contributed by atoms with van der Waals surface area (Å²) in [6, 6.07) is 6.50. The van der Waals surface area contributed by atoms with Crippen LogP contribution in [0.2, 0.25) is 5.02 Å². The first kappa shape index (κ1) is 17.8. The SMILES string of the molecule is Cc1[nH]c(C)c(-c2ccc(C#Cc3ccc(F)cc3F)nc2)c(=O)c1Cl. The fraction of sp³-hybridized carbons (Fsp3) is 0.100. The van der Waals surface area contributed by atoms with Crippen LogP contribution in [0.3, 0.4) is 0 Å². The molecule has 2 heterocycles. The first-order valence-electron chi connectivity index (χ1n) is 7.69. The summed E-state index contributed by atoms with van der Waals surface area (Å²) in [4.78, 5) is 19.6. The van der Waals surface area contributed by atoms with Gasteiger partial charge >= 0.3 is 0 Å². The molecule has 2 aromatic heterocycles. The molecule has 0 atom stereocenters. The third-order valence-electron chi connectivity index (χ3n) is 3.81. The normalized spacial score (nSPS) is 10.3. The van der Waals surface area contributed by atoms with E-state index >= 15 is 0 Å². The van der Waals surface area contributed by atoms with Crippen LogP contribution in [0.25, 0.3) is 11.1 Å². The van der Waals surface area contributed by atoms with Gasteiger partial charge in [-0.1, -0.05) is 17.5 Å². The van der Waals surface area contributed by atoms with Crippen molar-refractivity contribution < 1.29 is 8.78 Å². The van der Waals surface area contributed by atoms with Crippen LogP contribution >= 0.6 is 11.6 Å². The fourth-order valence-corrected chi connectivity index (χ4v) is 2.68. The van der Waals surface area contributed by atoms with E-state index in [0.717, 1.165) is 12.1 Å². The minimum Gasteiger partial charge on any atom is -0.361 e. The van der Waals surface area contributed by atoms with Crippen LogP contribution in [0, 0.1) is 37.3 Å². The molecule has 26 heavy (non-hydrogen) atoms. The van der Waals surface area contributed by atoms with Gasteiger partial charge in [-0.05, 0) is 44.0 Å². The number of rotatable bonds is 1. The van der Waals surface area contributed by atoms with Gasteiger partial charge in [0.15, 0.2) is 0 Å². The highest BCUT2D eigenvalue weighted by molar-refractivity contribution is 6.31. The third kappa shape index (κ3) is 3.51. The zero-order valence-corrected chi connectivity index (χ0v) is 14.7. The molecule has 0 aliphatic rings. The van der Waals surface area contributed by atoms with Crippen LogP contribution in [-0.4, -0.2) is 9.97 Å². The van der Waals surface area contributed by atoms with Crippen molar-refractivity contribution in [2.45, 2.75) is 13.8 Å². The van der Waals surface area contributed by atoms with Crippen LogP contribution in [-0.2, 0) is 0 Å². The lowest BCUT2D eigenvalue weighted by molar-refractivity contribution is 0.581.